The molecule has 8 heteroatoms. The maximum atomic E-state index is 10.9. The van der Waals surface area contributed by atoms with E-state index in [9.17, 15) is 15.4 Å². The molecule has 12 fully saturated rings. The van der Waals surface area contributed by atoms with E-state index >= 15 is 0 Å². The lowest BCUT2D eigenvalue weighted by atomic mass is 9.56. The van der Waals surface area contributed by atoms with Crippen LogP contribution in [0.1, 0.15) is 184 Å². The number of allylic oxidation sites excluding steroid dienone is 2. The van der Waals surface area contributed by atoms with Gasteiger partial charge in [0, 0.05) is 54.9 Å². The fourth-order valence-electron chi connectivity index (χ4n) is 23.4. The Kier molecular flexibility index (Phi) is 11.0. The van der Waals surface area contributed by atoms with Gasteiger partial charge in [-0.3, -0.25) is 4.90 Å². The van der Waals surface area contributed by atoms with Crippen molar-refractivity contribution in [2.24, 2.45) is 91.7 Å². The third-order valence-electron chi connectivity index (χ3n) is 26.7. The van der Waals surface area contributed by atoms with Gasteiger partial charge in [-0.1, -0.05) is 85.6 Å². The zero-order valence-corrected chi connectivity index (χ0v) is 44.8. The van der Waals surface area contributed by atoms with Gasteiger partial charge in [0.1, 0.15) is 0 Å². The Morgan fingerprint density at radius 2 is 1.13 bits per heavy atom. The molecule has 0 amide bonds. The van der Waals surface area contributed by atoms with Crippen molar-refractivity contribution in [2.75, 3.05) is 32.8 Å². The van der Waals surface area contributed by atoms with Gasteiger partial charge in [0.15, 0.2) is 0 Å². The Bertz CT molecular complexity index is 2110. The summed E-state index contributed by atoms with van der Waals surface area (Å²) < 4.78 is 20.6. The fraction of sp³-hybridized carbons (Fsp3) is 0.934. The number of aliphatic hydroxyl groups excluding tert-OH is 2. The molecule has 0 aromatic heterocycles. The van der Waals surface area contributed by atoms with Crippen LogP contribution < -0.4 is 0 Å². The average molecular weight is 953 g/mol. The number of hydroxylamine groups is 2. The quantitative estimate of drug-likeness (QED) is 0.185. The normalized spacial score (nSPS) is 59.4. The molecule has 8 saturated carbocycles. The van der Waals surface area contributed by atoms with E-state index in [1.165, 1.54) is 90.0 Å². The van der Waals surface area contributed by atoms with E-state index in [1.54, 1.807) is 16.2 Å². The van der Waals surface area contributed by atoms with Crippen LogP contribution in [0.4, 0.5) is 0 Å². The minimum Gasteiger partial charge on any atom is -0.393 e. The van der Waals surface area contributed by atoms with Crippen LogP contribution in [0.2, 0.25) is 0 Å². The van der Waals surface area contributed by atoms with Crippen molar-refractivity contribution in [3.8, 4) is 0 Å². The zero-order valence-electron chi connectivity index (χ0n) is 44.8. The van der Waals surface area contributed by atoms with Gasteiger partial charge in [0.05, 0.1) is 48.3 Å². The first-order valence-corrected chi connectivity index (χ1v) is 29.7. The Balaban J connectivity index is 0.000000137. The molecule has 0 radical (unpaired) electrons. The molecule has 14 rings (SSSR count). The first-order valence-electron chi connectivity index (χ1n) is 29.7. The highest BCUT2D eigenvalue weighted by atomic mass is 16.5. The molecule has 4 spiro atoms. The lowest BCUT2D eigenvalue weighted by molar-refractivity contribution is -0.182. The Morgan fingerprint density at radius 3 is 1.65 bits per heavy atom. The van der Waals surface area contributed by atoms with Crippen LogP contribution in [0.15, 0.2) is 23.3 Å². The third-order valence-corrected chi connectivity index (χ3v) is 26.7. The number of rotatable bonds is 5. The lowest BCUT2D eigenvalue weighted by Crippen LogP contribution is -2.55. The van der Waals surface area contributed by atoms with Gasteiger partial charge in [-0.05, 0) is 191 Å². The van der Waals surface area contributed by atoms with Crippen molar-refractivity contribution in [2.45, 2.75) is 232 Å². The van der Waals surface area contributed by atoms with Crippen molar-refractivity contribution in [1.29, 1.82) is 0 Å². The Morgan fingerprint density at radius 1 is 0.638 bits per heavy atom. The van der Waals surface area contributed by atoms with Gasteiger partial charge in [-0.15, -0.1) is 0 Å². The van der Waals surface area contributed by atoms with E-state index in [0.717, 1.165) is 100 Å². The van der Waals surface area contributed by atoms with Gasteiger partial charge in [0.25, 0.3) is 0 Å². The van der Waals surface area contributed by atoms with Gasteiger partial charge in [0.2, 0.25) is 0 Å². The van der Waals surface area contributed by atoms with Gasteiger partial charge >= 0.3 is 0 Å². The van der Waals surface area contributed by atoms with E-state index in [0.29, 0.717) is 62.9 Å². The van der Waals surface area contributed by atoms with Crippen LogP contribution in [0, 0.1) is 91.7 Å². The second-order valence-corrected chi connectivity index (χ2v) is 29.2. The molecule has 4 aliphatic heterocycles. The van der Waals surface area contributed by atoms with Crippen LogP contribution in [0.5, 0.6) is 0 Å². The molecule has 0 bridgehead atoms. The van der Waals surface area contributed by atoms with E-state index in [4.69, 9.17) is 14.2 Å². The molecule has 3 N–H and O–H groups in total. The summed E-state index contributed by atoms with van der Waals surface area (Å²) in [6.45, 7) is 27.0. The van der Waals surface area contributed by atoms with Crippen LogP contribution >= 0.6 is 0 Å². The van der Waals surface area contributed by atoms with E-state index < -0.39 is 0 Å². The predicted octanol–water partition coefficient (Wildman–Crippen LogP) is 11.4. The molecule has 10 aliphatic carbocycles. The van der Waals surface area contributed by atoms with Crippen LogP contribution in [0.25, 0.3) is 0 Å². The molecular weight excluding hydrogens is 857 g/mol. The standard InChI is InChI=1S/C33H53NO3.C28H43NO3/c1-6-14-36-15-13-34-19-21(2)16-28-29(34)22(3)33(37-28)12-10-26-25-8-7-23-17-24(35)9-11-30(23,4)27(25)18-32(26)20-31(32,33)5;1-16-11-23-24(29(31)14-16)17(2)28(32-23)10-8-21-20-6-5-18-12-19(30)7-9-25(18,3)22(20)13-27(21)15-26(27,28)4/h7,21-22,24-29,35H,6,8-20H2,1-5H3;5,16-17,19-24,30-31H,6-15H2,1-4H3/t21-,22+,24-,25-,26-,27-,28+,29-,30-,31?,32?,33+;16-,17+,19-,20-,21-,22-,23+,24-,25-,26?,27?,28+/m00/s1. The van der Waals surface area contributed by atoms with Crippen LogP contribution in [-0.2, 0) is 14.2 Å². The second kappa shape index (κ2) is 15.9. The van der Waals surface area contributed by atoms with Crippen LogP contribution in [0.3, 0.4) is 0 Å². The number of nitrogens with zero attached hydrogens (tertiary/aromatic N) is 2. The predicted molar refractivity (Wildman–Crippen MR) is 270 cm³/mol. The SMILES string of the molecule is CCCOCCN1C[C@@H](C)C[C@H]2O[C@]3(CC[C@H]4[C@@H]5CC=C6C[C@@H](O)CC[C@]6(C)[C@H]5CC45CC53C)[C@H](C)[C@@H]21.C[C@H]1C[C@H]2O[C@]3(CC[C@H]4[C@@H]5CC=C6C[C@@H](O)CC[C@]6(C)[C@H]5CC45CC53C)[C@H](C)[C@@H]2N(O)C1. The average Bonchev–Trinajstić information content (AvgIpc) is 3.83. The monoisotopic (exact) mass is 953 g/mol. The first kappa shape index (κ1) is 47.8. The summed E-state index contributed by atoms with van der Waals surface area (Å²) in [5, 5.41) is 33.3. The minimum atomic E-state index is -0.123. The van der Waals surface area contributed by atoms with Gasteiger partial charge in [-0.25, -0.2) is 0 Å². The summed E-state index contributed by atoms with van der Waals surface area (Å²) in [5.41, 5.74) is 5.32. The Labute approximate surface area is 417 Å². The van der Waals surface area contributed by atoms with Crippen LogP contribution in [-0.4, -0.2) is 106 Å². The molecule has 0 aromatic carbocycles. The smallest absolute Gasteiger partial charge is 0.0788 e. The minimum absolute atomic E-state index is 0.0544. The molecule has 0 aromatic rings. The summed E-state index contributed by atoms with van der Waals surface area (Å²) in [4.78, 5) is 2.78. The van der Waals surface area contributed by atoms with Gasteiger partial charge < -0.3 is 29.6 Å². The molecule has 14 aliphatic rings. The number of likely N-dealkylation sites (tertiary alicyclic amines) is 1. The first-order chi connectivity index (χ1) is 32.8. The number of hydrogen-bond acceptors (Lipinski definition) is 8. The molecule has 8 nitrogen and oxygen atoms in total. The molecular formula is C61H96N2O6. The van der Waals surface area contributed by atoms with E-state index in [2.05, 4.69) is 79.4 Å². The molecule has 69 heavy (non-hydrogen) atoms. The van der Waals surface area contributed by atoms with E-state index in [-0.39, 0.29) is 41.0 Å². The van der Waals surface area contributed by atoms with Crippen molar-refractivity contribution < 1.29 is 29.6 Å². The second-order valence-electron chi connectivity index (χ2n) is 29.2. The Hall–Kier alpha value is -0.840. The number of hydrogen-bond donors (Lipinski definition) is 3. The van der Waals surface area contributed by atoms with Crippen molar-refractivity contribution >= 4 is 0 Å². The summed E-state index contributed by atoms with van der Waals surface area (Å²) in [6.07, 6.45) is 28.3. The maximum absolute atomic E-state index is 10.9. The number of ether oxygens (including phenoxy) is 3. The summed E-state index contributed by atoms with van der Waals surface area (Å²) in [7, 11) is 0. The van der Waals surface area contributed by atoms with Crippen molar-refractivity contribution in [3.05, 3.63) is 23.3 Å². The van der Waals surface area contributed by atoms with Crippen molar-refractivity contribution in [3.63, 3.8) is 0 Å². The number of fused-ring (bicyclic) bond motifs is 12. The maximum Gasteiger partial charge on any atom is 0.0788 e. The third kappa shape index (κ3) is 6.16. The highest BCUT2D eigenvalue weighted by Crippen LogP contribution is 2.89. The van der Waals surface area contributed by atoms with Gasteiger partial charge in [-0.2, -0.15) is 5.06 Å². The molecule has 4 heterocycles. The number of piperidine rings is 2. The molecule has 4 unspecified atom stereocenters. The highest BCUT2D eigenvalue weighted by Gasteiger charge is 2.86. The number of aliphatic hydroxyl groups is 2. The molecule has 24 atom stereocenters. The van der Waals surface area contributed by atoms with Crippen molar-refractivity contribution in [1.82, 2.24) is 9.96 Å². The topological polar surface area (TPSA) is 94.9 Å². The highest BCUT2D eigenvalue weighted by molar-refractivity contribution is 5.38. The summed E-state index contributed by atoms with van der Waals surface area (Å²) >= 11 is 0. The zero-order chi connectivity index (χ0) is 48.1. The molecule has 4 saturated heterocycles. The summed E-state index contributed by atoms with van der Waals surface area (Å²) in [5.74, 6) is 7.19. The summed E-state index contributed by atoms with van der Waals surface area (Å²) in [6, 6.07) is 0.730. The largest absolute Gasteiger partial charge is 0.393 e. The molecule has 386 valence electrons. The van der Waals surface area contributed by atoms with E-state index in [1.807, 2.05) is 0 Å². The lowest BCUT2D eigenvalue weighted by Gasteiger charge is -2.50. The fourth-order valence-corrected chi connectivity index (χ4v) is 23.4.